The predicted octanol–water partition coefficient (Wildman–Crippen LogP) is 4.32. The van der Waals surface area contributed by atoms with Crippen LogP contribution in [0, 0.1) is 5.82 Å². The van der Waals surface area contributed by atoms with Crippen molar-refractivity contribution in [2.75, 3.05) is 19.7 Å². The van der Waals surface area contributed by atoms with Gasteiger partial charge in [-0.25, -0.2) is 9.18 Å². The van der Waals surface area contributed by atoms with Gasteiger partial charge in [-0.1, -0.05) is 35.9 Å². The number of ether oxygens (including phenoxy) is 1. The van der Waals surface area contributed by atoms with E-state index >= 15 is 0 Å². The highest BCUT2D eigenvalue weighted by Gasteiger charge is 2.26. The molecular formula is C19H20ClFN2O2. The van der Waals surface area contributed by atoms with Crippen LogP contribution in [-0.2, 0) is 4.74 Å². The lowest BCUT2D eigenvalue weighted by molar-refractivity contribution is -0.0157. The van der Waals surface area contributed by atoms with E-state index in [-0.39, 0.29) is 24.0 Å². The summed E-state index contributed by atoms with van der Waals surface area (Å²) in [6.45, 7) is 3.31. The highest BCUT2D eigenvalue weighted by molar-refractivity contribution is 6.30. The van der Waals surface area contributed by atoms with Gasteiger partial charge in [0.25, 0.3) is 0 Å². The molecule has 1 saturated heterocycles. The summed E-state index contributed by atoms with van der Waals surface area (Å²) in [5, 5.41) is 3.63. The van der Waals surface area contributed by atoms with Crippen LogP contribution in [0.5, 0.6) is 0 Å². The maximum Gasteiger partial charge on any atom is 0.318 e. The van der Waals surface area contributed by atoms with E-state index in [2.05, 4.69) is 5.32 Å². The fourth-order valence-corrected chi connectivity index (χ4v) is 3.05. The minimum atomic E-state index is -0.287. The molecule has 0 spiro atoms. The van der Waals surface area contributed by atoms with Crippen LogP contribution in [0.1, 0.15) is 30.2 Å². The zero-order valence-corrected chi connectivity index (χ0v) is 14.7. The maximum absolute atomic E-state index is 13.1. The molecule has 3 rings (SSSR count). The van der Waals surface area contributed by atoms with Gasteiger partial charge in [0.1, 0.15) is 11.9 Å². The van der Waals surface area contributed by atoms with E-state index in [4.69, 9.17) is 16.3 Å². The van der Waals surface area contributed by atoms with Crippen LogP contribution in [0.3, 0.4) is 0 Å². The molecule has 0 aromatic heterocycles. The molecule has 0 saturated carbocycles. The van der Waals surface area contributed by atoms with Crippen molar-refractivity contribution in [2.45, 2.75) is 19.1 Å². The Morgan fingerprint density at radius 1 is 1.32 bits per heavy atom. The van der Waals surface area contributed by atoms with Crippen LogP contribution in [0.2, 0.25) is 5.02 Å². The Balaban J connectivity index is 1.62. The number of nitrogens with zero attached hydrogens (tertiary/aromatic N) is 1. The molecule has 1 fully saturated rings. The Morgan fingerprint density at radius 2 is 2.08 bits per heavy atom. The zero-order chi connectivity index (χ0) is 17.8. The highest BCUT2D eigenvalue weighted by atomic mass is 35.5. The Labute approximate surface area is 151 Å². The largest absolute Gasteiger partial charge is 0.370 e. The first-order valence-corrected chi connectivity index (χ1v) is 8.58. The van der Waals surface area contributed by atoms with Crippen LogP contribution in [0.4, 0.5) is 9.18 Å². The van der Waals surface area contributed by atoms with E-state index in [0.717, 1.165) is 11.1 Å². The summed E-state index contributed by atoms with van der Waals surface area (Å²) in [6.07, 6.45) is -0.249. The smallest absolute Gasteiger partial charge is 0.318 e. The zero-order valence-electron chi connectivity index (χ0n) is 13.9. The number of hydrogen-bond acceptors (Lipinski definition) is 2. The Kier molecular flexibility index (Phi) is 5.56. The Hall–Kier alpha value is -2.11. The fraction of sp³-hybridized carbons (Fsp3) is 0.316. The molecule has 4 nitrogen and oxygen atoms in total. The summed E-state index contributed by atoms with van der Waals surface area (Å²) < 4.78 is 18.8. The van der Waals surface area contributed by atoms with Gasteiger partial charge in [-0.15, -0.1) is 0 Å². The Morgan fingerprint density at radius 3 is 2.80 bits per heavy atom. The molecule has 2 amide bonds. The topological polar surface area (TPSA) is 41.6 Å². The van der Waals surface area contributed by atoms with Gasteiger partial charge >= 0.3 is 6.03 Å². The maximum atomic E-state index is 13.1. The molecule has 1 N–H and O–H groups in total. The van der Waals surface area contributed by atoms with Crippen molar-refractivity contribution in [3.8, 4) is 0 Å². The number of carbonyl (C=O) groups excluding carboxylic acids is 1. The monoisotopic (exact) mass is 362 g/mol. The summed E-state index contributed by atoms with van der Waals surface area (Å²) in [7, 11) is 0. The van der Waals surface area contributed by atoms with Crippen LogP contribution in [0.25, 0.3) is 0 Å². The average molecular weight is 363 g/mol. The summed E-state index contributed by atoms with van der Waals surface area (Å²) in [4.78, 5) is 14.3. The van der Waals surface area contributed by atoms with Crippen molar-refractivity contribution in [1.29, 1.82) is 0 Å². The second kappa shape index (κ2) is 7.85. The normalized spacial score (nSPS) is 18.7. The fourth-order valence-electron chi connectivity index (χ4n) is 2.85. The number of morpholine rings is 1. The lowest BCUT2D eigenvalue weighted by Gasteiger charge is -2.34. The van der Waals surface area contributed by atoms with Gasteiger partial charge in [0.05, 0.1) is 19.2 Å². The molecule has 1 heterocycles. The lowest BCUT2D eigenvalue weighted by atomic mass is 10.1. The number of amides is 2. The number of urea groups is 1. The summed E-state index contributed by atoms with van der Waals surface area (Å²) in [5.41, 5.74) is 1.81. The van der Waals surface area contributed by atoms with Gasteiger partial charge in [0.2, 0.25) is 0 Å². The molecule has 1 aliphatic heterocycles. The SMILES string of the molecule is CC(NC(=O)N1CCOC(c2ccc(F)cc2)C1)c1cccc(Cl)c1. The molecular weight excluding hydrogens is 343 g/mol. The average Bonchev–Trinajstić information content (AvgIpc) is 2.62. The van der Waals surface area contributed by atoms with Crippen LogP contribution < -0.4 is 5.32 Å². The quantitative estimate of drug-likeness (QED) is 0.883. The molecule has 1 aliphatic rings. The first kappa shape index (κ1) is 17.7. The van der Waals surface area contributed by atoms with E-state index in [1.165, 1.54) is 12.1 Å². The Bertz CT molecular complexity index is 738. The number of hydrogen-bond donors (Lipinski definition) is 1. The van der Waals surface area contributed by atoms with Gasteiger partial charge < -0.3 is 15.0 Å². The minimum Gasteiger partial charge on any atom is -0.370 e. The predicted molar refractivity (Wildman–Crippen MR) is 95.1 cm³/mol. The molecule has 2 atom stereocenters. The van der Waals surface area contributed by atoms with Crippen molar-refractivity contribution in [3.63, 3.8) is 0 Å². The third-order valence-corrected chi connectivity index (χ3v) is 4.52. The summed E-state index contributed by atoms with van der Waals surface area (Å²) >= 11 is 6.01. The van der Waals surface area contributed by atoms with Crippen molar-refractivity contribution in [3.05, 3.63) is 70.5 Å². The van der Waals surface area contributed by atoms with Crippen LogP contribution >= 0.6 is 11.6 Å². The van der Waals surface area contributed by atoms with Crippen molar-refractivity contribution in [1.82, 2.24) is 10.2 Å². The first-order valence-electron chi connectivity index (χ1n) is 8.21. The third-order valence-electron chi connectivity index (χ3n) is 4.28. The molecule has 0 radical (unpaired) electrons. The van der Waals surface area contributed by atoms with Gasteiger partial charge in [-0.05, 0) is 42.3 Å². The van der Waals surface area contributed by atoms with Crippen molar-refractivity contribution in [2.24, 2.45) is 0 Å². The van der Waals surface area contributed by atoms with E-state index in [9.17, 15) is 9.18 Å². The number of rotatable bonds is 3. The molecule has 2 unspecified atom stereocenters. The number of benzene rings is 2. The number of carbonyl (C=O) groups is 1. The van der Waals surface area contributed by atoms with Crippen LogP contribution in [0.15, 0.2) is 48.5 Å². The summed E-state index contributed by atoms with van der Waals surface area (Å²) in [6, 6.07) is 13.3. The molecule has 0 bridgehead atoms. The van der Waals surface area contributed by atoms with E-state index in [1.54, 1.807) is 23.1 Å². The van der Waals surface area contributed by atoms with Crippen LogP contribution in [-0.4, -0.2) is 30.6 Å². The third kappa shape index (κ3) is 4.50. The van der Waals surface area contributed by atoms with Gasteiger partial charge in [0, 0.05) is 11.6 Å². The number of nitrogens with one attached hydrogen (secondary N) is 1. The second-order valence-electron chi connectivity index (χ2n) is 6.08. The van der Waals surface area contributed by atoms with Gasteiger partial charge in [-0.3, -0.25) is 0 Å². The minimum absolute atomic E-state index is 0.150. The van der Waals surface area contributed by atoms with E-state index < -0.39 is 0 Å². The molecule has 132 valence electrons. The molecule has 25 heavy (non-hydrogen) atoms. The van der Waals surface area contributed by atoms with Crippen molar-refractivity contribution >= 4 is 17.6 Å². The highest BCUT2D eigenvalue weighted by Crippen LogP contribution is 2.23. The molecule has 2 aromatic rings. The number of halogens is 2. The van der Waals surface area contributed by atoms with E-state index in [0.29, 0.717) is 24.7 Å². The standard InChI is InChI=1S/C19H20ClFN2O2/c1-13(15-3-2-4-16(20)11-15)22-19(24)23-9-10-25-18(12-23)14-5-7-17(21)8-6-14/h2-8,11,13,18H,9-10,12H2,1H3,(H,22,24). The first-order chi connectivity index (χ1) is 12.0. The summed E-state index contributed by atoms with van der Waals surface area (Å²) in [5.74, 6) is -0.287. The second-order valence-corrected chi connectivity index (χ2v) is 6.52. The van der Waals surface area contributed by atoms with Gasteiger partial charge in [-0.2, -0.15) is 0 Å². The molecule has 0 aliphatic carbocycles. The van der Waals surface area contributed by atoms with Crippen molar-refractivity contribution < 1.29 is 13.9 Å². The van der Waals surface area contributed by atoms with Gasteiger partial charge in [0.15, 0.2) is 0 Å². The van der Waals surface area contributed by atoms with E-state index in [1.807, 2.05) is 25.1 Å². The lowest BCUT2D eigenvalue weighted by Crippen LogP contribution is -2.47. The molecule has 6 heteroatoms. The molecule has 2 aromatic carbocycles.